The van der Waals surface area contributed by atoms with Crippen LogP contribution in [0.15, 0.2) is 23.3 Å². The molecule has 0 aliphatic carbocycles. The third-order valence-corrected chi connectivity index (χ3v) is 5.67. The maximum Gasteiger partial charge on any atom is 0.340 e. The van der Waals surface area contributed by atoms with Gasteiger partial charge in [-0.1, -0.05) is 25.3 Å². The van der Waals surface area contributed by atoms with E-state index in [1.807, 2.05) is 0 Å². The highest BCUT2D eigenvalue weighted by atomic mass is 16.5. The molecule has 2 aromatic rings. The summed E-state index contributed by atoms with van der Waals surface area (Å²) in [5.41, 5.74) is 1.38. The number of aromatic amines is 1. The molecule has 1 aliphatic heterocycles. The van der Waals surface area contributed by atoms with Crippen LogP contribution in [0.5, 0.6) is 0 Å². The number of pyridine rings is 1. The zero-order valence-corrected chi connectivity index (χ0v) is 18.1. The van der Waals surface area contributed by atoms with Gasteiger partial charge < -0.3 is 24.3 Å². The first-order chi connectivity index (χ1) is 14.2. The predicted octanol–water partition coefficient (Wildman–Crippen LogP) is 2.45. The van der Waals surface area contributed by atoms with Crippen LogP contribution < -0.4 is 5.56 Å². The summed E-state index contributed by atoms with van der Waals surface area (Å²) in [6, 6.07) is 0. The maximum absolute atomic E-state index is 12.6. The van der Waals surface area contributed by atoms with Crippen molar-refractivity contribution in [2.45, 2.75) is 45.6 Å². The summed E-state index contributed by atoms with van der Waals surface area (Å²) >= 11 is 0. The third kappa shape index (κ3) is 4.01. The number of likely N-dealkylation sites (tertiary alicyclic amines) is 1. The van der Waals surface area contributed by atoms with Crippen molar-refractivity contribution in [3.63, 3.8) is 0 Å². The Hall–Kier alpha value is -2.98. The van der Waals surface area contributed by atoms with Crippen molar-refractivity contribution in [2.75, 3.05) is 19.7 Å². The number of carbonyl (C=O) groups excluding carboxylic acids is 1. The van der Waals surface area contributed by atoms with E-state index in [0.29, 0.717) is 53.7 Å². The van der Waals surface area contributed by atoms with Crippen LogP contribution in [-0.4, -0.2) is 50.8 Å². The van der Waals surface area contributed by atoms with Gasteiger partial charge in [-0.2, -0.15) is 0 Å². The molecule has 1 saturated heterocycles. The molecule has 3 heterocycles. The molecule has 2 aromatic heterocycles. The van der Waals surface area contributed by atoms with Gasteiger partial charge in [-0.15, -0.1) is 0 Å². The second-order valence-electron chi connectivity index (χ2n) is 7.74. The Kier molecular flexibility index (Phi) is 6.09. The molecule has 0 radical (unpaired) electrons. The van der Waals surface area contributed by atoms with Crippen molar-refractivity contribution in [3.8, 4) is 11.8 Å². The van der Waals surface area contributed by atoms with E-state index < -0.39 is 11.6 Å². The Bertz CT molecular complexity index is 1110. The van der Waals surface area contributed by atoms with Crippen molar-refractivity contribution in [1.82, 2.24) is 14.5 Å². The molecule has 30 heavy (non-hydrogen) atoms. The molecule has 1 fully saturated rings. The summed E-state index contributed by atoms with van der Waals surface area (Å²) in [4.78, 5) is 30.3. The number of fused-ring (bicyclic) bond motifs is 1. The van der Waals surface area contributed by atoms with Gasteiger partial charge in [0.25, 0.3) is 5.56 Å². The normalized spacial score (nSPS) is 15.6. The first kappa shape index (κ1) is 21.7. The molecular weight excluding hydrogens is 382 g/mol. The number of piperidine rings is 1. The van der Waals surface area contributed by atoms with E-state index in [-0.39, 0.29) is 12.2 Å². The van der Waals surface area contributed by atoms with Gasteiger partial charge >= 0.3 is 5.97 Å². The molecule has 0 bridgehead atoms. The molecule has 1 aliphatic rings. The molecule has 7 heteroatoms. The minimum atomic E-state index is -1.12. The lowest BCUT2D eigenvalue weighted by Crippen LogP contribution is -2.42. The first-order valence-corrected chi connectivity index (χ1v) is 10.3. The van der Waals surface area contributed by atoms with Crippen molar-refractivity contribution in [1.29, 1.82) is 0 Å². The van der Waals surface area contributed by atoms with E-state index in [1.165, 1.54) is 4.57 Å². The number of aryl methyl sites for hydroxylation is 2. The quantitative estimate of drug-likeness (QED) is 0.596. The lowest BCUT2D eigenvalue weighted by molar-refractivity contribution is 0.0365. The summed E-state index contributed by atoms with van der Waals surface area (Å²) in [5.74, 6) is 5.55. The van der Waals surface area contributed by atoms with Gasteiger partial charge in [0.15, 0.2) is 0 Å². The number of nitrogens with one attached hydrogen (secondary N) is 1. The van der Waals surface area contributed by atoms with E-state index in [2.05, 4.69) is 35.2 Å². The summed E-state index contributed by atoms with van der Waals surface area (Å²) in [7, 11) is 1.64. The van der Waals surface area contributed by atoms with Crippen LogP contribution in [0.4, 0.5) is 0 Å². The number of ether oxygens (including phenoxy) is 1. The number of aliphatic hydroxyl groups is 1. The highest BCUT2D eigenvalue weighted by molar-refractivity contribution is 6.07. The molecule has 0 atom stereocenters. The van der Waals surface area contributed by atoms with Crippen LogP contribution in [0.1, 0.15) is 54.7 Å². The molecule has 2 N–H and O–H groups in total. The molecular formula is C23H29N3O4. The Morgan fingerprint density at radius 1 is 1.37 bits per heavy atom. The summed E-state index contributed by atoms with van der Waals surface area (Å²) in [6.45, 7) is 11.2. The second kappa shape index (κ2) is 8.41. The minimum absolute atomic E-state index is 0.232. The van der Waals surface area contributed by atoms with Gasteiger partial charge in [-0.05, 0) is 20.3 Å². The Morgan fingerprint density at radius 2 is 2.03 bits per heavy atom. The predicted molar refractivity (Wildman–Crippen MR) is 116 cm³/mol. The number of hydrogen-bond donors (Lipinski definition) is 2. The van der Waals surface area contributed by atoms with Crippen molar-refractivity contribution in [3.05, 3.63) is 45.6 Å². The standard InChI is InChI=1S/C23H29N3O4/c1-6-15(3)26-12-10-23(29,11-13-26)9-8-17-14-25(5)21(27)20-19(17)18(16(4)24-20)22(28)30-7-2/h14,24,29H,3,6-7,10-13H2,1-2,4-5H3. The zero-order chi connectivity index (χ0) is 22.1. The van der Waals surface area contributed by atoms with Crippen LogP contribution >= 0.6 is 0 Å². The van der Waals surface area contributed by atoms with Crippen LogP contribution in [-0.2, 0) is 11.8 Å². The van der Waals surface area contributed by atoms with Gasteiger partial charge in [0.05, 0.1) is 17.7 Å². The first-order valence-electron chi connectivity index (χ1n) is 10.3. The van der Waals surface area contributed by atoms with E-state index in [4.69, 9.17) is 4.74 Å². The SMILES string of the molecule is C=C(CC)N1CCC(O)(C#Cc2cn(C)c(=O)c3[nH]c(C)c(C(=O)OCC)c23)CC1. The van der Waals surface area contributed by atoms with Crippen LogP contribution in [0.25, 0.3) is 10.9 Å². The van der Waals surface area contributed by atoms with E-state index in [0.717, 1.165) is 12.1 Å². The number of allylic oxidation sites excluding steroid dienone is 1. The molecule has 3 rings (SSSR count). The lowest BCUT2D eigenvalue weighted by atomic mass is 9.91. The van der Waals surface area contributed by atoms with Gasteiger partial charge in [-0.3, -0.25) is 4.79 Å². The van der Waals surface area contributed by atoms with Crippen LogP contribution in [0.2, 0.25) is 0 Å². The molecule has 160 valence electrons. The Labute approximate surface area is 176 Å². The summed E-state index contributed by atoms with van der Waals surface area (Å²) in [6.07, 6.45) is 3.49. The topological polar surface area (TPSA) is 87.6 Å². The third-order valence-electron chi connectivity index (χ3n) is 5.67. The van der Waals surface area contributed by atoms with Gasteiger partial charge in [0.2, 0.25) is 0 Å². The number of H-pyrrole nitrogens is 1. The monoisotopic (exact) mass is 411 g/mol. The largest absolute Gasteiger partial charge is 0.462 e. The Balaban J connectivity index is 2.04. The molecule has 0 saturated carbocycles. The van der Waals surface area contributed by atoms with Gasteiger partial charge in [0, 0.05) is 56.0 Å². The van der Waals surface area contributed by atoms with Crippen molar-refractivity contribution >= 4 is 16.9 Å². The van der Waals surface area contributed by atoms with Gasteiger partial charge in [0.1, 0.15) is 11.1 Å². The number of esters is 1. The average molecular weight is 412 g/mol. The number of carbonyl (C=O) groups is 1. The highest BCUT2D eigenvalue weighted by Gasteiger charge is 2.31. The van der Waals surface area contributed by atoms with E-state index in [9.17, 15) is 14.7 Å². The Morgan fingerprint density at radius 3 is 2.63 bits per heavy atom. The fourth-order valence-electron chi connectivity index (χ4n) is 3.83. The van der Waals surface area contributed by atoms with Crippen molar-refractivity contribution in [2.24, 2.45) is 7.05 Å². The fraction of sp³-hybridized carbons (Fsp3) is 0.478. The fourth-order valence-corrected chi connectivity index (χ4v) is 3.83. The molecule has 0 unspecified atom stereocenters. The van der Waals surface area contributed by atoms with Crippen LogP contribution in [0, 0.1) is 18.8 Å². The summed E-state index contributed by atoms with van der Waals surface area (Å²) in [5, 5.41) is 11.4. The van der Waals surface area contributed by atoms with Gasteiger partial charge in [-0.25, -0.2) is 4.79 Å². The second-order valence-corrected chi connectivity index (χ2v) is 7.74. The van der Waals surface area contributed by atoms with Crippen molar-refractivity contribution < 1.29 is 14.6 Å². The summed E-state index contributed by atoms with van der Waals surface area (Å²) < 4.78 is 6.61. The number of aromatic nitrogens is 2. The number of hydrogen-bond acceptors (Lipinski definition) is 5. The highest BCUT2D eigenvalue weighted by Crippen LogP contribution is 2.27. The molecule has 0 spiro atoms. The maximum atomic E-state index is 12.6. The zero-order valence-electron chi connectivity index (χ0n) is 18.1. The molecule has 0 aromatic carbocycles. The van der Waals surface area contributed by atoms with E-state index >= 15 is 0 Å². The number of rotatable bonds is 4. The number of nitrogens with zero attached hydrogens (tertiary/aromatic N) is 2. The molecule has 7 nitrogen and oxygen atoms in total. The lowest BCUT2D eigenvalue weighted by Gasteiger charge is -2.37. The van der Waals surface area contributed by atoms with Crippen LogP contribution in [0.3, 0.4) is 0 Å². The molecule has 0 amide bonds. The smallest absolute Gasteiger partial charge is 0.340 e. The minimum Gasteiger partial charge on any atom is -0.462 e. The average Bonchev–Trinajstić information content (AvgIpc) is 3.07. The van der Waals surface area contributed by atoms with E-state index in [1.54, 1.807) is 27.1 Å².